The van der Waals surface area contributed by atoms with Crippen molar-refractivity contribution in [2.45, 2.75) is 19.3 Å². The van der Waals surface area contributed by atoms with Crippen molar-refractivity contribution in [3.63, 3.8) is 0 Å². The minimum Gasteiger partial charge on any atom is -0.481 e. The van der Waals surface area contributed by atoms with Gasteiger partial charge in [-0.15, -0.1) is 0 Å². The predicted molar refractivity (Wildman–Crippen MR) is 81.4 cm³/mol. The van der Waals surface area contributed by atoms with E-state index in [0.717, 1.165) is 18.9 Å². The van der Waals surface area contributed by atoms with E-state index in [1.807, 2.05) is 0 Å². The molecule has 0 radical (unpaired) electrons. The summed E-state index contributed by atoms with van der Waals surface area (Å²) in [7, 11) is 0. The number of carbonyl (C=O) groups excluding carboxylic acids is 1. The van der Waals surface area contributed by atoms with E-state index < -0.39 is 16.3 Å². The van der Waals surface area contributed by atoms with Crippen molar-refractivity contribution in [2.24, 2.45) is 11.3 Å². The Morgan fingerprint density at radius 2 is 2.17 bits per heavy atom. The molecule has 1 saturated carbocycles. The highest BCUT2D eigenvalue weighted by atomic mass is 35.5. The fraction of sp³-hybridized carbons (Fsp3) is 0.467. The van der Waals surface area contributed by atoms with Crippen LogP contribution in [0.3, 0.4) is 0 Å². The Balaban J connectivity index is 1.85. The van der Waals surface area contributed by atoms with Crippen molar-refractivity contribution in [3.8, 4) is 0 Å². The minimum atomic E-state index is -0.858. The van der Waals surface area contributed by atoms with Gasteiger partial charge < -0.3 is 10.0 Å². The van der Waals surface area contributed by atoms with Crippen LogP contribution in [0.5, 0.6) is 0 Å². The van der Waals surface area contributed by atoms with Crippen molar-refractivity contribution in [1.82, 2.24) is 4.90 Å². The topological polar surface area (TPSA) is 101 Å². The van der Waals surface area contributed by atoms with E-state index in [0.29, 0.717) is 13.0 Å². The number of aliphatic carboxylic acids is 1. The Hall–Kier alpha value is -2.15. The molecule has 2 atom stereocenters. The van der Waals surface area contributed by atoms with E-state index in [-0.39, 0.29) is 34.6 Å². The SMILES string of the molecule is O=C(c1ccc([N+](=O)[O-])cc1Cl)N1C[C@@H]2CCC[C@@]2(C(=O)O)C1. The standard InChI is InChI=1S/C15H15ClN2O5/c16-12-6-10(18(22)23)3-4-11(12)13(19)17-7-9-2-1-5-15(9,8-17)14(20)21/h3-4,6,9H,1-2,5,7-8H2,(H,20,21)/t9-,15+/m0/s1. The van der Waals surface area contributed by atoms with Gasteiger partial charge in [-0.25, -0.2) is 0 Å². The fourth-order valence-electron chi connectivity index (χ4n) is 3.75. The quantitative estimate of drug-likeness (QED) is 0.674. The van der Waals surface area contributed by atoms with Crippen LogP contribution >= 0.6 is 11.6 Å². The number of nitro benzene ring substituents is 1. The molecule has 0 aromatic heterocycles. The second-order valence-electron chi connectivity index (χ2n) is 6.16. The number of non-ortho nitro benzene ring substituents is 1. The lowest BCUT2D eigenvalue weighted by Crippen LogP contribution is -2.37. The van der Waals surface area contributed by atoms with E-state index in [4.69, 9.17) is 11.6 Å². The average Bonchev–Trinajstić information content (AvgIpc) is 3.04. The van der Waals surface area contributed by atoms with Gasteiger partial charge in [-0.1, -0.05) is 18.0 Å². The zero-order valence-electron chi connectivity index (χ0n) is 12.2. The Kier molecular flexibility index (Phi) is 3.75. The van der Waals surface area contributed by atoms with Gasteiger partial charge in [-0.05, 0) is 24.8 Å². The van der Waals surface area contributed by atoms with Crippen molar-refractivity contribution in [3.05, 3.63) is 38.9 Å². The predicted octanol–water partition coefficient (Wildman–Crippen LogP) is 2.58. The molecule has 0 unspecified atom stereocenters. The first-order valence-electron chi connectivity index (χ1n) is 7.32. The summed E-state index contributed by atoms with van der Waals surface area (Å²) in [5.41, 5.74) is -0.882. The molecule has 2 aliphatic rings. The molecule has 1 aliphatic carbocycles. The molecule has 0 bridgehead atoms. The maximum atomic E-state index is 12.6. The van der Waals surface area contributed by atoms with Gasteiger partial charge in [0, 0.05) is 25.2 Å². The second-order valence-corrected chi connectivity index (χ2v) is 6.56. The van der Waals surface area contributed by atoms with E-state index in [2.05, 4.69) is 0 Å². The number of halogens is 1. The number of carbonyl (C=O) groups is 2. The lowest BCUT2D eigenvalue weighted by Gasteiger charge is -2.23. The van der Waals surface area contributed by atoms with Crippen LogP contribution in [0.15, 0.2) is 18.2 Å². The average molecular weight is 339 g/mol. The molecule has 7 nitrogen and oxygen atoms in total. The molecule has 1 heterocycles. The Labute approximate surface area is 137 Å². The number of hydrogen-bond acceptors (Lipinski definition) is 4. The Morgan fingerprint density at radius 3 is 2.74 bits per heavy atom. The van der Waals surface area contributed by atoms with Gasteiger partial charge in [-0.3, -0.25) is 19.7 Å². The summed E-state index contributed by atoms with van der Waals surface area (Å²) < 4.78 is 0. The molecule has 0 spiro atoms. The number of fused-ring (bicyclic) bond motifs is 1. The molecule has 1 amide bonds. The Morgan fingerprint density at radius 1 is 1.43 bits per heavy atom. The lowest BCUT2D eigenvalue weighted by atomic mass is 9.81. The fourth-order valence-corrected chi connectivity index (χ4v) is 4.01. The van der Waals surface area contributed by atoms with E-state index in [1.165, 1.54) is 17.0 Å². The van der Waals surface area contributed by atoms with Gasteiger partial charge in [0.1, 0.15) is 0 Å². The van der Waals surface area contributed by atoms with E-state index in [1.54, 1.807) is 0 Å². The van der Waals surface area contributed by atoms with Crippen LogP contribution in [-0.2, 0) is 4.79 Å². The smallest absolute Gasteiger partial charge is 0.311 e. The van der Waals surface area contributed by atoms with Gasteiger partial charge in [0.15, 0.2) is 0 Å². The largest absolute Gasteiger partial charge is 0.481 e. The van der Waals surface area contributed by atoms with Crippen LogP contribution in [0.2, 0.25) is 5.02 Å². The van der Waals surface area contributed by atoms with Crippen molar-refractivity contribution < 1.29 is 19.6 Å². The highest BCUT2D eigenvalue weighted by molar-refractivity contribution is 6.34. The van der Waals surface area contributed by atoms with Gasteiger partial charge in [-0.2, -0.15) is 0 Å². The van der Waals surface area contributed by atoms with Gasteiger partial charge in [0.2, 0.25) is 0 Å². The monoisotopic (exact) mass is 338 g/mol. The molecular formula is C15H15ClN2O5. The summed E-state index contributed by atoms with van der Waals surface area (Å²) in [6.45, 7) is 0.553. The number of rotatable bonds is 3. The number of nitro groups is 1. The van der Waals surface area contributed by atoms with Crippen molar-refractivity contribution >= 4 is 29.2 Å². The zero-order valence-corrected chi connectivity index (χ0v) is 13.0. The Bertz CT molecular complexity index is 707. The first-order valence-corrected chi connectivity index (χ1v) is 7.69. The second kappa shape index (κ2) is 5.49. The third-order valence-corrected chi connectivity index (χ3v) is 5.29. The molecule has 1 aromatic rings. The van der Waals surface area contributed by atoms with E-state index in [9.17, 15) is 24.8 Å². The molecule has 8 heteroatoms. The van der Waals surface area contributed by atoms with Crippen LogP contribution in [0, 0.1) is 21.4 Å². The van der Waals surface area contributed by atoms with Crippen LogP contribution in [0.4, 0.5) is 5.69 Å². The first kappa shape index (κ1) is 15.7. The molecule has 1 aromatic carbocycles. The summed E-state index contributed by atoms with van der Waals surface area (Å²) in [6, 6.07) is 3.69. The highest BCUT2D eigenvalue weighted by Crippen LogP contribution is 2.49. The number of carboxylic acid groups (broad SMARTS) is 1. The summed E-state index contributed by atoms with van der Waals surface area (Å²) in [6.07, 6.45) is 2.23. The maximum Gasteiger partial charge on any atom is 0.311 e. The summed E-state index contributed by atoms with van der Waals surface area (Å²) >= 11 is 6.00. The normalized spacial score (nSPS) is 26.1. The van der Waals surface area contributed by atoms with Crippen molar-refractivity contribution in [1.29, 1.82) is 0 Å². The highest BCUT2D eigenvalue weighted by Gasteiger charge is 2.55. The van der Waals surface area contributed by atoms with Gasteiger partial charge in [0.25, 0.3) is 11.6 Å². The van der Waals surface area contributed by atoms with Crippen molar-refractivity contribution in [2.75, 3.05) is 13.1 Å². The molecule has 1 aliphatic heterocycles. The van der Waals surface area contributed by atoms with Crippen LogP contribution < -0.4 is 0 Å². The number of amides is 1. The van der Waals surface area contributed by atoms with Gasteiger partial charge >= 0.3 is 5.97 Å². The molecular weight excluding hydrogens is 324 g/mol. The summed E-state index contributed by atoms with van der Waals surface area (Å²) in [5, 5.41) is 20.3. The molecule has 1 N–H and O–H groups in total. The maximum absolute atomic E-state index is 12.6. The number of benzene rings is 1. The number of nitrogens with zero attached hydrogens (tertiary/aromatic N) is 2. The molecule has 122 valence electrons. The minimum absolute atomic E-state index is 0.00522. The van der Waals surface area contributed by atoms with Crippen LogP contribution in [0.25, 0.3) is 0 Å². The van der Waals surface area contributed by atoms with Gasteiger partial charge in [0.05, 0.1) is 20.9 Å². The number of likely N-dealkylation sites (tertiary alicyclic amines) is 1. The molecule has 3 rings (SSSR count). The zero-order chi connectivity index (χ0) is 16.8. The van der Waals surface area contributed by atoms with Crippen LogP contribution in [0.1, 0.15) is 29.6 Å². The van der Waals surface area contributed by atoms with E-state index >= 15 is 0 Å². The summed E-state index contributed by atoms with van der Waals surface area (Å²) in [4.78, 5) is 35.9. The number of carboxylic acids is 1. The third-order valence-electron chi connectivity index (χ3n) is 4.98. The molecule has 1 saturated heterocycles. The summed E-state index contributed by atoms with van der Waals surface area (Å²) in [5.74, 6) is -1.27. The third kappa shape index (κ3) is 2.45. The molecule has 23 heavy (non-hydrogen) atoms. The lowest BCUT2D eigenvalue weighted by molar-refractivity contribution is -0.384. The molecule has 2 fully saturated rings. The number of hydrogen-bond donors (Lipinski definition) is 1. The first-order chi connectivity index (χ1) is 10.8. The van der Waals surface area contributed by atoms with Crippen LogP contribution in [-0.4, -0.2) is 39.9 Å².